The first-order chi connectivity index (χ1) is 7.35. The maximum atomic E-state index is 5.08. The zero-order valence-electron chi connectivity index (χ0n) is 10.7. The van der Waals surface area contributed by atoms with Crippen LogP contribution in [0.2, 0.25) is 0 Å². The fourth-order valence-corrected chi connectivity index (χ4v) is 1.59. The molecule has 3 nitrogen and oxygen atoms in total. The Morgan fingerprint density at radius 1 is 1.07 bits per heavy atom. The van der Waals surface area contributed by atoms with Gasteiger partial charge in [-0.3, -0.25) is 0 Å². The van der Waals surface area contributed by atoms with E-state index in [9.17, 15) is 0 Å². The number of hydrogen-bond donors (Lipinski definition) is 1. The molecule has 0 aliphatic heterocycles. The molecule has 15 heavy (non-hydrogen) atoms. The van der Waals surface area contributed by atoms with E-state index in [0.717, 1.165) is 26.2 Å². The molecule has 0 rings (SSSR count). The van der Waals surface area contributed by atoms with Crippen molar-refractivity contribution in [2.24, 2.45) is 0 Å². The molecule has 0 spiro atoms. The van der Waals surface area contributed by atoms with E-state index in [1.807, 2.05) is 0 Å². The molecule has 0 saturated heterocycles. The van der Waals surface area contributed by atoms with E-state index in [0.29, 0.717) is 0 Å². The van der Waals surface area contributed by atoms with Gasteiger partial charge in [0.05, 0.1) is 6.61 Å². The molecule has 0 aliphatic rings. The van der Waals surface area contributed by atoms with E-state index in [1.54, 1.807) is 7.11 Å². The van der Waals surface area contributed by atoms with E-state index < -0.39 is 0 Å². The molecule has 3 heteroatoms. The number of rotatable bonds is 11. The number of nitrogens with one attached hydrogen (secondary N) is 1. The molecule has 92 valence electrons. The summed E-state index contributed by atoms with van der Waals surface area (Å²) < 4.78 is 5.08. The van der Waals surface area contributed by atoms with Crippen LogP contribution in [0.15, 0.2) is 0 Å². The summed E-state index contributed by atoms with van der Waals surface area (Å²) in [5, 5.41) is 3.35. The monoisotopic (exact) mass is 216 g/mol. The molecule has 0 atom stereocenters. The van der Waals surface area contributed by atoms with E-state index in [-0.39, 0.29) is 0 Å². The van der Waals surface area contributed by atoms with Crippen LogP contribution in [-0.2, 0) is 4.74 Å². The molecular weight excluding hydrogens is 188 g/mol. The van der Waals surface area contributed by atoms with Crippen molar-refractivity contribution in [2.45, 2.75) is 33.1 Å². The van der Waals surface area contributed by atoms with Crippen LogP contribution in [0, 0.1) is 0 Å². The van der Waals surface area contributed by atoms with E-state index in [2.05, 4.69) is 24.1 Å². The molecule has 0 aromatic heterocycles. The van der Waals surface area contributed by atoms with Crippen molar-refractivity contribution < 1.29 is 4.74 Å². The molecule has 0 bridgehead atoms. The Morgan fingerprint density at radius 3 is 2.47 bits per heavy atom. The highest BCUT2D eigenvalue weighted by molar-refractivity contribution is 4.55. The highest BCUT2D eigenvalue weighted by Gasteiger charge is 2.00. The van der Waals surface area contributed by atoms with Gasteiger partial charge in [-0.05, 0) is 39.0 Å². The predicted molar refractivity (Wildman–Crippen MR) is 66.4 cm³/mol. The summed E-state index contributed by atoms with van der Waals surface area (Å²) in [6, 6.07) is 0. The van der Waals surface area contributed by atoms with Crippen molar-refractivity contribution in [1.82, 2.24) is 10.2 Å². The van der Waals surface area contributed by atoms with Gasteiger partial charge in [0.2, 0.25) is 0 Å². The zero-order chi connectivity index (χ0) is 11.4. The summed E-state index contributed by atoms with van der Waals surface area (Å²) in [5.74, 6) is 0. The molecule has 0 aliphatic carbocycles. The maximum absolute atomic E-state index is 5.08. The van der Waals surface area contributed by atoms with Crippen LogP contribution in [0.5, 0.6) is 0 Å². The molecule has 0 aromatic rings. The Hall–Kier alpha value is -0.120. The normalized spacial score (nSPS) is 11.2. The number of hydrogen-bond acceptors (Lipinski definition) is 3. The summed E-state index contributed by atoms with van der Waals surface area (Å²) in [5.41, 5.74) is 0. The summed E-state index contributed by atoms with van der Waals surface area (Å²) in [6.07, 6.45) is 3.94. The molecule has 0 saturated carbocycles. The lowest BCUT2D eigenvalue weighted by Crippen LogP contribution is -2.28. The second kappa shape index (κ2) is 12.0. The third-order valence-electron chi connectivity index (χ3n) is 2.64. The van der Waals surface area contributed by atoms with Gasteiger partial charge in [-0.15, -0.1) is 0 Å². The molecule has 0 radical (unpaired) electrons. The molecule has 0 heterocycles. The van der Waals surface area contributed by atoms with Gasteiger partial charge in [0.25, 0.3) is 0 Å². The zero-order valence-corrected chi connectivity index (χ0v) is 10.7. The number of unbranched alkanes of at least 4 members (excludes halogenated alkanes) is 2. The highest BCUT2D eigenvalue weighted by Crippen LogP contribution is 1.98. The maximum Gasteiger partial charge on any atom is 0.0589 e. The minimum atomic E-state index is 0.852. The molecule has 0 fully saturated rings. The van der Waals surface area contributed by atoms with Crippen LogP contribution in [0.1, 0.15) is 33.1 Å². The Morgan fingerprint density at radius 2 is 1.87 bits per heavy atom. The van der Waals surface area contributed by atoms with Crippen molar-refractivity contribution in [3.8, 4) is 0 Å². The first-order valence-corrected chi connectivity index (χ1v) is 6.27. The van der Waals surface area contributed by atoms with Crippen molar-refractivity contribution >= 4 is 0 Å². The van der Waals surface area contributed by atoms with Gasteiger partial charge < -0.3 is 15.0 Å². The lowest BCUT2D eigenvalue weighted by molar-refractivity contribution is 0.149. The van der Waals surface area contributed by atoms with Gasteiger partial charge in [-0.1, -0.05) is 20.3 Å². The van der Waals surface area contributed by atoms with E-state index in [4.69, 9.17) is 4.74 Å². The Balaban J connectivity index is 3.22. The molecule has 0 aromatic carbocycles. The minimum absolute atomic E-state index is 0.852. The van der Waals surface area contributed by atoms with Crippen LogP contribution in [0.25, 0.3) is 0 Å². The predicted octanol–water partition coefficient (Wildman–Crippen LogP) is 1.73. The quantitative estimate of drug-likeness (QED) is 0.532. The smallest absolute Gasteiger partial charge is 0.0589 e. The van der Waals surface area contributed by atoms with Crippen LogP contribution < -0.4 is 5.32 Å². The second-order valence-corrected chi connectivity index (χ2v) is 3.84. The number of nitrogens with zero attached hydrogens (tertiary/aromatic N) is 1. The summed E-state index contributed by atoms with van der Waals surface area (Å²) in [6.45, 7) is 10.9. The third kappa shape index (κ3) is 10.2. The first kappa shape index (κ1) is 14.9. The van der Waals surface area contributed by atoms with Gasteiger partial charge in [0, 0.05) is 13.7 Å². The Bertz CT molecular complexity index is 120. The van der Waals surface area contributed by atoms with Gasteiger partial charge in [-0.2, -0.15) is 0 Å². The fraction of sp³-hybridized carbons (Fsp3) is 1.00. The third-order valence-corrected chi connectivity index (χ3v) is 2.64. The van der Waals surface area contributed by atoms with Crippen molar-refractivity contribution in [2.75, 3.05) is 46.4 Å². The standard InChI is InChI=1S/C12H28N2O/c1-4-13-9-7-6-8-10-14(5-2)11-12-15-3/h13H,4-12H2,1-3H3. The largest absolute Gasteiger partial charge is 0.383 e. The lowest BCUT2D eigenvalue weighted by atomic mass is 10.2. The van der Waals surface area contributed by atoms with Crippen molar-refractivity contribution in [3.05, 3.63) is 0 Å². The average molecular weight is 216 g/mol. The SMILES string of the molecule is CCNCCCCCN(CC)CCOC. The minimum Gasteiger partial charge on any atom is -0.383 e. The molecule has 0 amide bonds. The fourth-order valence-electron chi connectivity index (χ4n) is 1.59. The Kier molecular flexibility index (Phi) is 11.9. The first-order valence-electron chi connectivity index (χ1n) is 6.27. The molecule has 0 unspecified atom stereocenters. The van der Waals surface area contributed by atoms with Gasteiger partial charge >= 0.3 is 0 Å². The van der Waals surface area contributed by atoms with Crippen LogP contribution >= 0.6 is 0 Å². The van der Waals surface area contributed by atoms with E-state index >= 15 is 0 Å². The number of methoxy groups -OCH3 is 1. The molecular formula is C12H28N2O. The number of likely N-dealkylation sites (N-methyl/N-ethyl adjacent to an activating group) is 1. The van der Waals surface area contributed by atoms with Gasteiger partial charge in [-0.25, -0.2) is 0 Å². The topological polar surface area (TPSA) is 24.5 Å². The lowest BCUT2D eigenvalue weighted by Gasteiger charge is -2.19. The van der Waals surface area contributed by atoms with Crippen LogP contribution in [0.4, 0.5) is 0 Å². The summed E-state index contributed by atoms with van der Waals surface area (Å²) >= 11 is 0. The molecule has 1 N–H and O–H groups in total. The van der Waals surface area contributed by atoms with Crippen LogP contribution in [0.3, 0.4) is 0 Å². The summed E-state index contributed by atoms with van der Waals surface area (Å²) in [4.78, 5) is 2.46. The summed E-state index contributed by atoms with van der Waals surface area (Å²) in [7, 11) is 1.77. The van der Waals surface area contributed by atoms with Crippen molar-refractivity contribution in [1.29, 1.82) is 0 Å². The van der Waals surface area contributed by atoms with Crippen molar-refractivity contribution in [3.63, 3.8) is 0 Å². The van der Waals surface area contributed by atoms with Gasteiger partial charge in [0.15, 0.2) is 0 Å². The second-order valence-electron chi connectivity index (χ2n) is 3.84. The van der Waals surface area contributed by atoms with E-state index in [1.165, 1.54) is 32.4 Å². The highest BCUT2D eigenvalue weighted by atomic mass is 16.5. The number of ether oxygens (including phenoxy) is 1. The Labute approximate surface area is 95.2 Å². The van der Waals surface area contributed by atoms with Gasteiger partial charge in [0.1, 0.15) is 0 Å². The average Bonchev–Trinajstić information content (AvgIpc) is 2.27. The van der Waals surface area contributed by atoms with Crippen LogP contribution in [-0.4, -0.2) is 51.3 Å².